The summed E-state index contributed by atoms with van der Waals surface area (Å²) >= 11 is 0. The van der Waals surface area contributed by atoms with E-state index < -0.39 is 0 Å². The molecule has 0 unspecified atom stereocenters. The van der Waals surface area contributed by atoms with Crippen LogP contribution in [0.3, 0.4) is 0 Å². The quantitative estimate of drug-likeness (QED) is 0.566. The van der Waals surface area contributed by atoms with Gasteiger partial charge in [-0.3, -0.25) is 0 Å². The third-order valence-electron chi connectivity index (χ3n) is 4.80. The Kier molecular flexibility index (Phi) is 4.70. The minimum Gasteiger partial charge on any atom is -0.379 e. The minimum atomic E-state index is -0.0240. The van der Waals surface area contributed by atoms with Gasteiger partial charge in [-0.15, -0.1) is 0 Å². The second-order valence-corrected chi connectivity index (χ2v) is 6.32. The number of epoxide rings is 1. The standard InChI is InChI=1S/C16H28O3/c1-11(2)9-10-14-16(3,19-14)12-7-6-8-13(17-4)15(12)18-5/h9,12-15H,6-8,10H2,1-5H3/t12-,13-,14-,15+,16-/m1/s1. The summed E-state index contributed by atoms with van der Waals surface area (Å²) in [6.45, 7) is 6.52. The van der Waals surface area contributed by atoms with Gasteiger partial charge >= 0.3 is 0 Å². The average Bonchev–Trinajstić information content (AvgIpc) is 3.07. The molecule has 0 N–H and O–H groups in total. The van der Waals surface area contributed by atoms with Gasteiger partial charge in [-0.25, -0.2) is 0 Å². The second-order valence-electron chi connectivity index (χ2n) is 6.32. The fourth-order valence-corrected chi connectivity index (χ4v) is 3.53. The van der Waals surface area contributed by atoms with E-state index in [1.165, 1.54) is 18.4 Å². The fraction of sp³-hybridized carbons (Fsp3) is 0.875. The van der Waals surface area contributed by atoms with Crippen LogP contribution in [0.5, 0.6) is 0 Å². The molecule has 1 aliphatic carbocycles. The molecule has 1 saturated heterocycles. The number of hydrogen-bond acceptors (Lipinski definition) is 3. The van der Waals surface area contributed by atoms with E-state index in [9.17, 15) is 0 Å². The highest BCUT2D eigenvalue weighted by Gasteiger charge is 2.60. The molecule has 0 aromatic rings. The molecule has 3 heteroatoms. The van der Waals surface area contributed by atoms with Crippen molar-refractivity contribution in [3.63, 3.8) is 0 Å². The van der Waals surface area contributed by atoms with Gasteiger partial charge < -0.3 is 14.2 Å². The van der Waals surface area contributed by atoms with E-state index in [1.54, 1.807) is 14.2 Å². The summed E-state index contributed by atoms with van der Waals surface area (Å²) in [6, 6.07) is 0. The molecule has 0 radical (unpaired) electrons. The SMILES string of the molecule is CO[C@H]1[C@H]([C@@]2(C)O[C@@H]2CC=C(C)C)CCC[C@H]1OC. The van der Waals surface area contributed by atoms with E-state index in [1.807, 2.05) is 0 Å². The molecule has 1 aliphatic heterocycles. The molecule has 110 valence electrons. The van der Waals surface area contributed by atoms with Crippen LogP contribution >= 0.6 is 0 Å². The lowest BCUT2D eigenvalue weighted by molar-refractivity contribution is -0.102. The van der Waals surface area contributed by atoms with Gasteiger partial charge in [0.2, 0.25) is 0 Å². The van der Waals surface area contributed by atoms with Crippen LogP contribution in [-0.2, 0) is 14.2 Å². The first-order valence-electron chi connectivity index (χ1n) is 7.39. The van der Waals surface area contributed by atoms with Crippen molar-refractivity contribution in [3.8, 4) is 0 Å². The van der Waals surface area contributed by atoms with Crippen LogP contribution in [0.1, 0.15) is 46.5 Å². The Hall–Kier alpha value is -0.380. The predicted molar refractivity (Wildman–Crippen MR) is 76.3 cm³/mol. The molecule has 19 heavy (non-hydrogen) atoms. The van der Waals surface area contributed by atoms with Gasteiger partial charge in [0.25, 0.3) is 0 Å². The molecule has 0 aromatic carbocycles. The highest BCUT2D eigenvalue weighted by molar-refractivity contribution is 5.11. The van der Waals surface area contributed by atoms with Crippen LogP contribution in [-0.4, -0.2) is 38.1 Å². The summed E-state index contributed by atoms with van der Waals surface area (Å²) in [5.74, 6) is 0.451. The van der Waals surface area contributed by atoms with E-state index >= 15 is 0 Å². The van der Waals surface area contributed by atoms with Gasteiger partial charge in [-0.05, 0) is 40.0 Å². The smallest absolute Gasteiger partial charge is 0.0977 e. The van der Waals surface area contributed by atoms with Gasteiger partial charge in [0.15, 0.2) is 0 Å². The van der Waals surface area contributed by atoms with E-state index in [0.29, 0.717) is 12.0 Å². The van der Waals surface area contributed by atoms with Crippen LogP contribution in [0.15, 0.2) is 11.6 Å². The molecule has 0 bridgehead atoms. The molecule has 2 fully saturated rings. The number of ether oxygens (including phenoxy) is 3. The largest absolute Gasteiger partial charge is 0.379 e. The zero-order chi connectivity index (χ0) is 14.0. The zero-order valence-electron chi connectivity index (χ0n) is 12.9. The molecule has 3 nitrogen and oxygen atoms in total. The lowest BCUT2D eigenvalue weighted by Crippen LogP contribution is -2.46. The number of allylic oxidation sites excluding steroid dienone is 1. The van der Waals surface area contributed by atoms with Gasteiger partial charge in [-0.1, -0.05) is 18.1 Å². The lowest BCUT2D eigenvalue weighted by Gasteiger charge is -2.38. The Balaban J connectivity index is 2.02. The maximum Gasteiger partial charge on any atom is 0.0977 e. The van der Waals surface area contributed by atoms with E-state index in [0.717, 1.165) is 12.8 Å². The van der Waals surface area contributed by atoms with Crippen molar-refractivity contribution in [1.29, 1.82) is 0 Å². The van der Waals surface area contributed by atoms with Crippen molar-refractivity contribution in [2.75, 3.05) is 14.2 Å². The van der Waals surface area contributed by atoms with Crippen molar-refractivity contribution < 1.29 is 14.2 Å². The average molecular weight is 268 g/mol. The van der Waals surface area contributed by atoms with E-state index in [2.05, 4.69) is 26.8 Å². The lowest BCUT2D eigenvalue weighted by atomic mass is 9.75. The normalized spacial score (nSPS) is 41.9. The van der Waals surface area contributed by atoms with Gasteiger partial charge in [-0.2, -0.15) is 0 Å². The summed E-state index contributed by atoms with van der Waals surface area (Å²) in [5, 5.41) is 0. The summed E-state index contributed by atoms with van der Waals surface area (Å²) in [4.78, 5) is 0. The van der Waals surface area contributed by atoms with E-state index in [-0.39, 0.29) is 17.8 Å². The first-order chi connectivity index (χ1) is 9.02. The third kappa shape index (κ3) is 3.04. The Morgan fingerprint density at radius 2 is 2.00 bits per heavy atom. The highest BCUT2D eigenvalue weighted by atomic mass is 16.6. The van der Waals surface area contributed by atoms with Crippen molar-refractivity contribution in [2.24, 2.45) is 5.92 Å². The molecule has 1 heterocycles. The summed E-state index contributed by atoms with van der Waals surface area (Å²) in [5.41, 5.74) is 1.34. The Morgan fingerprint density at radius 3 is 2.58 bits per heavy atom. The monoisotopic (exact) mass is 268 g/mol. The summed E-state index contributed by atoms with van der Waals surface area (Å²) < 4.78 is 17.4. The Morgan fingerprint density at radius 1 is 1.26 bits per heavy atom. The van der Waals surface area contributed by atoms with Crippen molar-refractivity contribution in [2.45, 2.75) is 70.4 Å². The molecule has 5 atom stereocenters. The topological polar surface area (TPSA) is 31.0 Å². The van der Waals surface area contributed by atoms with Crippen LogP contribution in [0, 0.1) is 5.92 Å². The van der Waals surface area contributed by atoms with Crippen molar-refractivity contribution in [1.82, 2.24) is 0 Å². The molecular formula is C16H28O3. The first kappa shape index (κ1) is 15.0. The minimum absolute atomic E-state index is 0.0240. The van der Waals surface area contributed by atoms with Crippen LogP contribution in [0.4, 0.5) is 0 Å². The maximum absolute atomic E-state index is 6.04. The maximum atomic E-state index is 6.04. The van der Waals surface area contributed by atoms with Crippen LogP contribution < -0.4 is 0 Å². The van der Waals surface area contributed by atoms with Crippen LogP contribution in [0.2, 0.25) is 0 Å². The van der Waals surface area contributed by atoms with Crippen molar-refractivity contribution in [3.05, 3.63) is 11.6 Å². The number of methoxy groups -OCH3 is 2. The number of hydrogen-bond donors (Lipinski definition) is 0. The first-order valence-corrected chi connectivity index (χ1v) is 7.39. The molecule has 0 spiro atoms. The predicted octanol–water partition coefficient (Wildman–Crippen LogP) is 3.33. The molecule has 0 amide bonds. The molecular weight excluding hydrogens is 240 g/mol. The molecule has 2 rings (SSSR count). The summed E-state index contributed by atoms with van der Waals surface area (Å²) in [6.07, 6.45) is 7.50. The fourth-order valence-electron chi connectivity index (χ4n) is 3.53. The molecule has 2 aliphatic rings. The number of rotatable bonds is 5. The zero-order valence-corrected chi connectivity index (χ0v) is 12.9. The highest BCUT2D eigenvalue weighted by Crippen LogP contribution is 2.51. The third-order valence-corrected chi connectivity index (χ3v) is 4.80. The molecule has 1 saturated carbocycles. The Labute approximate surface area is 117 Å². The van der Waals surface area contributed by atoms with Crippen molar-refractivity contribution >= 4 is 0 Å². The Bertz CT molecular complexity index is 335. The molecule has 0 aromatic heterocycles. The van der Waals surface area contributed by atoms with Crippen LogP contribution in [0.25, 0.3) is 0 Å². The second kappa shape index (κ2) is 5.94. The van der Waals surface area contributed by atoms with Gasteiger partial charge in [0.1, 0.15) is 0 Å². The summed E-state index contributed by atoms with van der Waals surface area (Å²) in [7, 11) is 3.58. The van der Waals surface area contributed by atoms with E-state index in [4.69, 9.17) is 14.2 Å². The van der Waals surface area contributed by atoms with Gasteiger partial charge in [0.05, 0.1) is 23.9 Å². The van der Waals surface area contributed by atoms with Gasteiger partial charge in [0, 0.05) is 20.1 Å².